The molecule has 3 rings (SSSR count). The lowest BCUT2D eigenvalue weighted by molar-refractivity contribution is -0.188. The highest BCUT2D eigenvalue weighted by atomic mass is 16.5. The number of ether oxygens (including phenoxy) is 1. The second-order valence-corrected chi connectivity index (χ2v) is 9.43. The van der Waals surface area contributed by atoms with Crippen molar-refractivity contribution in [3.05, 3.63) is 11.1 Å². The van der Waals surface area contributed by atoms with Gasteiger partial charge >= 0.3 is 0 Å². The van der Waals surface area contributed by atoms with E-state index in [9.17, 15) is 10.2 Å². The molecule has 0 aromatic heterocycles. The molecular weight excluding hydrogens is 314 g/mol. The largest absolute Gasteiger partial charge is 0.393 e. The smallest absolute Gasteiger partial charge is 0.0926 e. The predicted octanol–water partition coefficient (Wildman–Crippen LogP) is 3.27. The van der Waals surface area contributed by atoms with Gasteiger partial charge in [-0.05, 0) is 50.9 Å². The maximum absolute atomic E-state index is 10.5. The molecule has 2 N–H and O–H groups in total. The van der Waals surface area contributed by atoms with Crippen LogP contribution in [-0.2, 0) is 4.74 Å². The number of hydrogen-bond acceptors (Lipinski definition) is 4. The fourth-order valence-corrected chi connectivity index (χ4v) is 5.33. The van der Waals surface area contributed by atoms with Crippen LogP contribution in [0.2, 0.25) is 0 Å². The molecule has 2 aliphatic heterocycles. The molecule has 1 unspecified atom stereocenters. The van der Waals surface area contributed by atoms with E-state index >= 15 is 0 Å². The van der Waals surface area contributed by atoms with E-state index in [4.69, 9.17) is 4.74 Å². The van der Waals surface area contributed by atoms with Crippen LogP contribution in [0.3, 0.4) is 0 Å². The van der Waals surface area contributed by atoms with Crippen LogP contribution in [-0.4, -0.2) is 59.2 Å². The first-order valence-electron chi connectivity index (χ1n) is 10.2. The number of hydrogen-bond donors (Lipinski definition) is 2. The molecule has 0 bridgehead atoms. The number of nitrogens with zero attached hydrogens (tertiary/aromatic N) is 1. The van der Waals surface area contributed by atoms with Crippen LogP contribution in [0.5, 0.6) is 0 Å². The Bertz CT molecular complexity index is 505. The Hall–Kier alpha value is -0.420. The van der Waals surface area contributed by atoms with Gasteiger partial charge in [-0.3, -0.25) is 0 Å². The summed E-state index contributed by atoms with van der Waals surface area (Å²) in [6.45, 7) is 10.8. The third-order valence-corrected chi connectivity index (χ3v) is 7.05. The van der Waals surface area contributed by atoms with Gasteiger partial charge in [0.1, 0.15) is 0 Å². The van der Waals surface area contributed by atoms with Gasteiger partial charge in [-0.1, -0.05) is 25.0 Å². The van der Waals surface area contributed by atoms with Crippen molar-refractivity contribution in [3.8, 4) is 0 Å². The normalized spacial score (nSPS) is 33.0. The van der Waals surface area contributed by atoms with Crippen molar-refractivity contribution in [1.29, 1.82) is 0 Å². The summed E-state index contributed by atoms with van der Waals surface area (Å²) in [5.74, 6) is 0. The lowest BCUT2D eigenvalue weighted by Crippen LogP contribution is -2.55. The van der Waals surface area contributed by atoms with E-state index in [1.54, 1.807) is 11.1 Å². The van der Waals surface area contributed by atoms with Gasteiger partial charge in [0.05, 0.1) is 24.4 Å². The second-order valence-electron chi connectivity index (χ2n) is 9.43. The molecule has 4 heteroatoms. The third-order valence-electron chi connectivity index (χ3n) is 7.05. The highest BCUT2D eigenvalue weighted by Crippen LogP contribution is 2.43. The van der Waals surface area contributed by atoms with E-state index in [0.29, 0.717) is 24.9 Å². The minimum absolute atomic E-state index is 0.148. The SMILES string of the molecule is CC1=C(CCN2CCC3(CC2)CC(O)(CO)CCO3)C(C)(C)CCC1. The summed E-state index contributed by atoms with van der Waals surface area (Å²) in [6, 6.07) is 0. The van der Waals surface area contributed by atoms with E-state index < -0.39 is 5.60 Å². The van der Waals surface area contributed by atoms with Crippen molar-refractivity contribution >= 4 is 0 Å². The zero-order valence-electron chi connectivity index (χ0n) is 16.4. The van der Waals surface area contributed by atoms with Crippen LogP contribution in [0.15, 0.2) is 11.1 Å². The summed E-state index contributed by atoms with van der Waals surface area (Å²) in [5.41, 5.74) is 2.51. The Morgan fingerprint density at radius 1 is 1.12 bits per heavy atom. The standard InChI is InChI=1S/C21H37NO3/c1-17-5-4-7-19(2,3)18(17)6-11-22-12-8-21(9-13-22)15-20(24,16-23)10-14-25-21/h23-24H,4-16H2,1-3H3. The Labute approximate surface area is 153 Å². The molecule has 1 aliphatic carbocycles. The summed E-state index contributed by atoms with van der Waals surface area (Å²) in [7, 11) is 0. The van der Waals surface area contributed by atoms with Crippen molar-refractivity contribution in [1.82, 2.24) is 4.90 Å². The third kappa shape index (κ3) is 4.29. The lowest BCUT2D eigenvalue weighted by atomic mass is 9.71. The summed E-state index contributed by atoms with van der Waals surface area (Å²) in [6.07, 6.45) is 8.19. The van der Waals surface area contributed by atoms with Crippen molar-refractivity contribution in [3.63, 3.8) is 0 Å². The molecule has 0 aromatic carbocycles. The number of aliphatic hydroxyl groups is 2. The van der Waals surface area contributed by atoms with E-state index in [-0.39, 0.29) is 12.2 Å². The molecule has 0 aromatic rings. The molecule has 2 saturated heterocycles. The van der Waals surface area contributed by atoms with Crippen molar-refractivity contribution in [2.24, 2.45) is 5.41 Å². The molecule has 1 spiro atoms. The van der Waals surface area contributed by atoms with Gasteiger partial charge in [0.25, 0.3) is 0 Å². The van der Waals surface area contributed by atoms with Gasteiger partial charge in [0.15, 0.2) is 0 Å². The summed E-state index contributed by atoms with van der Waals surface area (Å²) in [5, 5.41) is 20.0. The van der Waals surface area contributed by atoms with Gasteiger partial charge in [-0.2, -0.15) is 0 Å². The molecule has 0 amide bonds. The quantitative estimate of drug-likeness (QED) is 0.763. The Morgan fingerprint density at radius 3 is 2.48 bits per heavy atom. The highest BCUT2D eigenvalue weighted by Gasteiger charge is 2.46. The van der Waals surface area contributed by atoms with E-state index in [1.807, 2.05) is 0 Å². The maximum Gasteiger partial charge on any atom is 0.0926 e. The van der Waals surface area contributed by atoms with Crippen LogP contribution >= 0.6 is 0 Å². The molecule has 0 saturated carbocycles. The van der Waals surface area contributed by atoms with Crippen LogP contribution in [0.1, 0.15) is 72.1 Å². The lowest BCUT2D eigenvalue weighted by Gasteiger charge is -2.49. The Morgan fingerprint density at radius 2 is 1.84 bits per heavy atom. The van der Waals surface area contributed by atoms with Gasteiger partial charge in [0, 0.05) is 32.5 Å². The first-order chi connectivity index (χ1) is 11.8. The summed E-state index contributed by atoms with van der Waals surface area (Å²) < 4.78 is 6.09. The minimum Gasteiger partial charge on any atom is -0.393 e. The van der Waals surface area contributed by atoms with Gasteiger partial charge in [-0.25, -0.2) is 0 Å². The van der Waals surface area contributed by atoms with E-state index in [0.717, 1.165) is 32.5 Å². The zero-order chi connectivity index (χ0) is 18.1. The first-order valence-corrected chi connectivity index (χ1v) is 10.2. The van der Waals surface area contributed by atoms with Crippen LogP contribution in [0.4, 0.5) is 0 Å². The molecule has 2 heterocycles. The van der Waals surface area contributed by atoms with Crippen LogP contribution in [0, 0.1) is 5.41 Å². The summed E-state index contributed by atoms with van der Waals surface area (Å²) in [4.78, 5) is 2.56. The number of aliphatic hydroxyl groups excluding tert-OH is 1. The van der Waals surface area contributed by atoms with Crippen molar-refractivity contribution < 1.29 is 14.9 Å². The van der Waals surface area contributed by atoms with Gasteiger partial charge in [-0.15, -0.1) is 0 Å². The molecule has 144 valence electrons. The molecule has 4 nitrogen and oxygen atoms in total. The molecule has 25 heavy (non-hydrogen) atoms. The van der Waals surface area contributed by atoms with Gasteiger partial charge < -0.3 is 19.8 Å². The highest BCUT2D eigenvalue weighted by molar-refractivity contribution is 5.22. The maximum atomic E-state index is 10.5. The predicted molar refractivity (Wildman–Crippen MR) is 101 cm³/mol. The monoisotopic (exact) mass is 351 g/mol. The number of rotatable bonds is 4. The number of piperidine rings is 1. The van der Waals surface area contributed by atoms with E-state index in [1.165, 1.54) is 25.7 Å². The van der Waals surface area contributed by atoms with Crippen LogP contribution < -0.4 is 0 Å². The molecular formula is C21H37NO3. The molecule has 0 radical (unpaired) electrons. The van der Waals surface area contributed by atoms with Crippen molar-refractivity contribution in [2.75, 3.05) is 32.8 Å². The molecule has 2 fully saturated rings. The molecule has 1 atom stereocenters. The average molecular weight is 352 g/mol. The fourth-order valence-electron chi connectivity index (χ4n) is 5.33. The second kappa shape index (κ2) is 7.30. The topological polar surface area (TPSA) is 52.9 Å². The molecule has 3 aliphatic rings. The average Bonchev–Trinajstić information content (AvgIpc) is 2.56. The van der Waals surface area contributed by atoms with E-state index in [2.05, 4.69) is 25.7 Å². The Kier molecular flexibility index (Phi) is 5.65. The first kappa shape index (κ1) is 19.3. The number of allylic oxidation sites excluding steroid dienone is 1. The van der Waals surface area contributed by atoms with Crippen LogP contribution in [0.25, 0.3) is 0 Å². The summed E-state index contributed by atoms with van der Waals surface area (Å²) >= 11 is 0. The fraction of sp³-hybridized carbons (Fsp3) is 0.905. The Balaban J connectivity index is 1.53. The minimum atomic E-state index is -0.936. The zero-order valence-corrected chi connectivity index (χ0v) is 16.4. The van der Waals surface area contributed by atoms with Crippen molar-refractivity contribution in [2.45, 2.75) is 83.3 Å². The van der Waals surface area contributed by atoms with Gasteiger partial charge in [0.2, 0.25) is 0 Å². The number of likely N-dealkylation sites (tertiary alicyclic amines) is 1.